The van der Waals surface area contributed by atoms with E-state index < -0.39 is 7.12 Å². The van der Waals surface area contributed by atoms with Crippen molar-refractivity contribution in [1.82, 2.24) is 15.3 Å². The van der Waals surface area contributed by atoms with Crippen molar-refractivity contribution in [3.05, 3.63) is 12.4 Å². The Morgan fingerprint density at radius 1 is 1.15 bits per heavy atom. The second-order valence-electron chi connectivity index (χ2n) is 6.89. The molecule has 152 valence electrons. The van der Waals surface area contributed by atoms with Crippen LogP contribution < -0.4 is 33.0 Å². The monoisotopic (exact) mass is 399 g/mol. The van der Waals surface area contributed by atoms with Crippen LogP contribution in [0.4, 0.5) is 5.95 Å². The van der Waals surface area contributed by atoms with E-state index in [1.807, 2.05) is 4.90 Å². The zero-order valence-corrected chi connectivity index (χ0v) is 17.1. The van der Waals surface area contributed by atoms with Gasteiger partial charge in [-0.25, -0.2) is 9.97 Å². The molecule has 3 fully saturated rings. The summed E-state index contributed by atoms with van der Waals surface area (Å²) in [6, 6.07) is 0.151. The van der Waals surface area contributed by atoms with Crippen LogP contribution in [0, 0.1) is 5.92 Å². The fourth-order valence-corrected chi connectivity index (χ4v) is 3.38. The molecule has 4 rings (SSSR count). The van der Waals surface area contributed by atoms with Crippen LogP contribution >= 0.6 is 0 Å². The van der Waals surface area contributed by atoms with Gasteiger partial charge >= 0.3 is 7.12 Å². The van der Waals surface area contributed by atoms with E-state index >= 15 is 0 Å². The molecule has 8 nitrogen and oxygen atoms in total. The Labute approximate surface area is 167 Å². The number of quaternary nitrogens is 1. The summed E-state index contributed by atoms with van der Waals surface area (Å²) in [5.41, 5.74) is 0.260. The molecule has 0 radical (unpaired) electrons. The molecule has 10 heteroatoms. The number of nitrogens with one attached hydrogen (secondary N) is 2. The van der Waals surface area contributed by atoms with Crippen molar-refractivity contribution in [3.8, 4) is 0 Å². The highest BCUT2D eigenvalue weighted by Crippen LogP contribution is 2.24. The lowest BCUT2D eigenvalue weighted by Crippen LogP contribution is -3.11. The summed E-state index contributed by atoms with van der Waals surface area (Å²) < 4.78 is 0. The fraction of sp³-hybridized carbons (Fsp3) is 0.706. The first-order chi connectivity index (χ1) is 12.5. The van der Waals surface area contributed by atoms with Gasteiger partial charge in [-0.05, 0) is 33.6 Å². The Morgan fingerprint density at radius 3 is 2.19 bits per heavy atom. The summed E-state index contributed by atoms with van der Waals surface area (Å²) in [7, 11) is -1.56. The second kappa shape index (κ2) is 11.4. The molecule has 0 aliphatic carbocycles. The molecule has 4 heterocycles. The van der Waals surface area contributed by atoms with Gasteiger partial charge in [-0.1, -0.05) is 0 Å². The smallest absolute Gasteiger partial charge is 0.491 e. The summed E-state index contributed by atoms with van der Waals surface area (Å²) in [6.45, 7) is 11.8. The third-order valence-electron chi connectivity index (χ3n) is 5.20. The fourth-order valence-electron chi connectivity index (χ4n) is 3.38. The Bertz CT molecular complexity index is 569. The highest BCUT2D eigenvalue weighted by atomic mass is 35.5. The van der Waals surface area contributed by atoms with E-state index in [2.05, 4.69) is 36.1 Å². The Balaban J connectivity index is 0.000000395. The number of carbonyl (C=O) groups excluding carboxylic acids is 1. The number of amides is 1. The summed E-state index contributed by atoms with van der Waals surface area (Å²) in [5, 5.41) is 21.0. The second-order valence-corrected chi connectivity index (χ2v) is 6.89. The highest BCUT2D eigenvalue weighted by molar-refractivity contribution is 6.58. The number of piperidine rings is 1. The molecule has 1 amide bonds. The molecule has 3 aliphatic rings. The van der Waals surface area contributed by atoms with Crippen LogP contribution in [0.15, 0.2) is 12.4 Å². The van der Waals surface area contributed by atoms with Crippen LogP contribution in [-0.4, -0.2) is 71.8 Å². The van der Waals surface area contributed by atoms with Gasteiger partial charge in [0.2, 0.25) is 11.9 Å². The minimum atomic E-state index is -1.56. The third-order valence-corrected chi connectivity index (χ3v) is 5.20. The molecule has 3 saturated heterocycles. The summed E-state index contributed by atoms with van der Waals surface area (Å²) in [4.78, 5) is 23.7. The zero-order chi connectivity index (χ0) is 19.1. The first-order valence-electron chi connectivity index (χ1n) is 9.55. The lowest BCUT2D eigenvalue weighted by molar-refractivity contribution is -0.894. The van der Waals surface area contributed by atoms with Crippen molar-refractivity contribution in [2.75, 3.05) is 37.6 Å². The van der Waals surface area contributed by atoms with Crippen LogP contribution in [0.2, 0.25) is 0 Å². The zero-order valence-electron chi connectivity index (χ0n) is 16.4. The number of aromatic nitrogens is 2. The average Bonchev–Trinajstić information content (AvgIpc) is 2.95. The number of nitrogens with zero attached hydrogens (tertiary/aromatic N) is 3. The molecule has 2 atom stereocenters. The van der Waals surface area contributed by atoms with Gasteiger partial charge in [0.1, 0.15) is 0 Å². The third kappa shape index (κ3) is 6.60. The van der Waals surface area contributed by atoms with E-state index in [-0.39, 0.29) is 35.7 Å². The van der Waals surface area contributed by atoms with E-state index in [1.54, 1.807) is 4.90 Å². The molecule has 27 heavy (non-hydrogen) atoms. The molecule has 0 unspecified atom stereocenters. The highest BCUT2D eigenvalue weighted by Gasteiger charge is 2.35. The summed E-state index contributed by atoms with van der Waals surface area (Å²) >= 11 is 0. The van der Waals surface area contributed by atoms with Gasteiger partial charge < -0.3 is 37.6 Å². The Morgan fingerprint density at radius 2 is 1.74 bits per heavy atom. The predicted molar refractivity (Wildman–Crippen MR) is 101 cm³/mol. The van der Waals surface area contributed by atoms with Crippen LogP contribution in [-0.2, 0) is 4.79 Å². The number of fused-ring (bicyclic) bond motifs is 4. The number of carbonyl (C=O) groups is 1. The summed E-state index contributed by atoms with van der Waals surface area (Å²) in [6.07, 6.45) is 4.69. The van der Waals surface area contributed by atoms with Crippen molar-refractivity contribution in [1.29, 1.82) is 0 Å². The quantitative estimate of drug-likeness (QED) is 0.369. The first kappa shape index (κ1) is 23.6. The Kier molecular flexibility index (Phi) is 10.0. The van der Waals surface area contributed by atoms with Crippen molar-refractivity contribution < 1.29 is 32.1 Å². The SMILES string of the molecule is CC[NH+](CC)CC.O=C1N[C@H]2CC[C@@H]1CN(c1ncc(B(O)O)cn1)C2.[Cl-]. The molecule has 4 N–H and O–H groups in total. The number of halogens is 1. The van der Waals surface area contributed by atoms with E-state index in [0.717, 1.165) is 12.8 Å². The number of anilines is 1. The van der Waals surface area contributed by atoms with Crippen LogP contribution in [0.5, 0.6) is 0 Å². The molecule has 0 aromatic carbocycles. The lowest BCUT2D eigenvalue weighted by atomic mass is 9.83. The van der Waals surface area contributed by atoms with Crippen molar-refractivity contribution >= 4 is 24.4 Å². The van der Waals surface area contributed by atoms with Crippen LogP contribution in [0.25, 0.3) is 0 Å². The molecule has 1 aromatic heterocycles. The molecule has 3 aliphatic heterocycles. The number of rotatable bonds is 5. The van der Waals surface area contributed by atoms with Gasteiger partial charge in [0, 0.05) is 37.0 Å². The maximum Gasteiger partial charge on any atom is 0.491 e. The van der Waals surface area contributed by atoms with Crippen LogP contribution in [0.1, 0.15) is 33.6 Å². The molecule has 1 aromatic rings. The molecular formula is C17H31BClN5O3. The van der Waals surface area contributed by atoms with E-state index in [1.165, 1.54) is 32.0 Å². The van der Waals surface area contributed by atoms with E-state index in [0.29, 0.717) is 19.0 Å². The van der Waals surface area contributed by atoms with Gasteiger partial charge in [0.05, 0.1) is 25.6 Å². The van der Waals surface area contributed by atoms with Crippen molar-refractivity contribution in [3.63, 3.8) is 0 Å². The lowest BCUT2D eigenvalue weighted by Gasteiger charge is -2.22. The van der Waals surface area contributed by atoms with Crippen LogP contribution in [0.3, 0.4) is 0 Å². The minimum Gasteiger partial charge on any atom is -1.00 e. The molecule has 2 bridgehead atoms. The normalized spacial score (nSPS) is 21.0. The van der Waals surface area contributed by atoms with E-state index in [4.69, 9.17) is 10.0 Å². The minimum absolute atomic E-state index is 0. The van der Waals surface area contributed by atoms with Gasteiger partial charge in [0.15, 0.2) is 0 Å². The first-order valence-corrected chi connectivity index (χ1v) is 9.55. The number of hydrogen-bond donors (Lipinski definition) is 4. The van der Waals surface area contributed by atoms with Crippen molar-refractivity contribution in [2.45, 2.75) is 39.7 Å². The molecular weight excluding hydrogens is 368 g/mol. The summed E-state index contributed by atoms with van der Waals surface area (Å²) in [5.74, 6) is 0.629. The van der Waals surface area contributed by atoms with Gasteiger partial charge in [-0.15, -0.1) is 0 Å². The van der Waals surface area contributed by atoms with Gasteiger partial charge in [0.25, 0.3) is 0 Å². The predicted octanol–water partition coefficient (Wildman–Crippen LogP) is -5.19. The molecule has 0 spiro atoms. The van der Waals surface area contributed by atoms with E-state index in [9.17, 15) is 4.79 Å². The van der Waals surface area contributed by atoms with Crippen molar-refractivity contribution in [2.24, 2.45) is 5.92 Å². The van der Waals surface area contributed by atoms with Gasteiger partial charge in [-0.3, -0.25) is 4.79 Å². The standard InChI is InChI=1S/C11H15BN4O3.C6H15N.ClH/c17-10-7-1-2-9(15-10)6-16(5-7)11-13-3-8(4-14-11)12(18)19;1-4-7(5-2)6-3;/h3-4,7,9,18-19H,1-2,5-6H2,(H,15,17);4-6H2,1-3H3;1H/t7-,9+;;/m1../s1. The topological polar surface area (TPSA) is 103 Å². The largest absolute Gasteiger partial charge is 1.00 e. The maximum absolute atomic E-state index is 11.8. The Hall–Kier alpha value is -1.42. The molecule has 0 saturated carbocycles. The maximum atomic E-state index is 11.8. The van der Waals surface area contributed by atoms with Gasteiger partial charge in [-0.2, -0.15) is 0 Å². The number of hydrogen-bond acceptors (Lipinski definition) is 6. The average molecular weight is 400 g/mol.